The lowest BCUT2D eigenvalue weighted by molar-refractivity contribution is 0.117. The Bertz CT molecular complexity index is 653. The molecule has 1 unspecified atom stereocenters. The molecule has 2 aromatic rings. The van der Waals surface area contributed by atoms with Gasteiger partial charge in [0.15, 0.2) is 0 Å². The van der Waals surface area contributed by atoms with Gasteiger partial charge in [-0.15, -0.1) is 0 Å². The second-order valence-electron chi connectivity index (χ2n) is 6.16. The van der Waals surface area contributed by atoms with Gasteiger partial charge >= 0.3 is 0 Å². The summed E-state index contributed by atoms with van der Waals surface area (Å²) in [6, 6.07) is 8.53. The number of ether oxygens (including phenoxy) is 1. The van der Waals surface area contributed by atoms with E-state index in [4.69, 9.17) is 9.72 Å². The van der Waals surface area contributed by atoms with E-state index in [1.165, 1.54) is 28.8 Å². The minimum Gasteiger partial charge on any atom is -0.381 e. The molecule has 1 fully saturated rings. The molecule has 22 heavy (non-hydrogen) atoms. The minimum atomic E-state index is 0.650. The van der Waals surface area contributed by atoms with E-state index >= 15 is 0 Å². The van der Waals surface area contributed by atoms with Crippen molar-refractivity contribution < 1.29 is 4.74 Å². The maximum Gasteiger partial charge on any atom is 0.0726 e. The van der Waals surface area contributed by atoms with E-state index < -0.39 is 0 Å². The van der Waals surface area contributed by atoms with Crippen molar-refractivity contribution >= 4 is 16.6 Å². The number of rotatable bonds is 5. The molecule has 3 heteroatoms. The molecule has 0 radical (unpaired) electrons. The van der Waals surface area contributed by atoms with Crippen LogP contribution < -0.4 is 4.90 Å². The summed E-state index contributed by atoms with van der Waals surface area (Å²) in [6.45, 7) is 10.4. The number of pyridine rings is 1. The second kappa shape index (κ2) is 6.66. The number of aromatic nitrogens is 1. The summed E-state index contributed by atoms with van der Waals surface area (Å²) >= 11 is 0. The van der Waals surface area contributed by atoms with Crippen LogP contribution in [0.2, 0.25) is 0 Å². The third-order valence-corrected chi connectivity index (χ3v) is 4.68. The molecule has 1 atom stereocenters. The predicted molar refractivity (Wildman–Crippen MR) is 92.7 cm³/mol. The Hall–Kier alpha value is -1.61. The van der Waals surface area contributed by atoms with E-state index in [9.17, 15) is 0 Å². The van der Waals surface area contributed by atoms with Gasteiger partial charge < -0.3 is 9.64 Å². The van der Waals surface area contributed by atoms with E-state index in [1.54, 1.807) is 0 Å². The Morgan fingerprint density at radius 1 is 1.27 bits per heavy atom. The lowest BCUT2D eigenvalue weighted by Crippen LogP contribution is -2.23. The van der Waals surface area contributed by atoms with Crippen LogP contribution in [0.4, 0.5) is 5.69 Å². The van der Waals surface area contributed by atoms with Gasteiger partial charge in [-0.25, -0.2) is 0 Å². The minimum absolute atomic E-state index is 0.650. The summed E-state index contributed by atoms with van der Waals surface area (Å²) in [5, 5.41) is 1.29. The summed E-state index contributed by atoms with van der Waals surface area (Å²) in [6.07, 6.45) is 2.25. The van der Waals surface area contributed by atoms with E-state index in [0.29, 0.717) is 5.92 Å². The zero-order valence-electron chi connectivity index (χ0n) is 13.9. The van der Waals surface area contributed by atoms with Crippen molar-refractivity contribution in [1.82, 2.24) is 4.98 Å². The summed E-state index contributed by atoms with van der Waals surface area (Å²) in [5.41, 5.74) is 5.09. The predicted octanol–water partition coefficient (Wildman–Crippen LogP) is 3.97. The fraction of sp³-hybridized carbons (Fsp3) is 0.526. The summed E-state index contributed by atoms with van der Waals surface area (Å²) in [5.74, 6) is 0.650. The molecule has 1 aliphatic rings. The molecule has 1 saturated heterocycles. The maximum absolute atomic E-state index is 5.63. The number of para-hydroxylation sites is 1. The average Bonchev–Trinajstić information content (AvgIpc) is 3.00. The molecule has 0 N–H and O–H groups in total. The van der Waals surface area contributed by atoms with Gasteiger partial charge in [0.25, 0.3) is 0 Å². The zero-order chi connectivity index (χ0) is 15.5. The van der Waals surface area contributed by atoms with Gasteiger partial charge in [-0.2, -0.15) is 0 Å². The van der Waals surface area contributed by atoms with E-state index in [2.05, 4.69) is 49.9 Å². The van der Waals surface area contributed by atoms with Crippen LogP contribution in [0.3, 0.4) is 0 Å². The first kappa shape index (κ1) is 15.3. The second-order valence-corrected chi connectivity index (χ2v) is 6.16. The van der Waals surface area contributed by atoms with Crippen molar-refractivity contribution in [3.63, 3.8) is 0 Å². The topological polar surface area (TPSA) is 25.4 Å². The molecule has 0 saturated carbocycles. The monoisotopic (exact) mass is 298 g/mol. The lowest BCUT2D eigenvalue weighted by atomic mass is 10.0. The number of fused-ring (bicyclic) bond motifs is 1. The largest absolute Gasteiger partial charge is 0.381 e. The normalized spacial score (nSPS) is 18.3. The Balaban J connectivity index is 1.99. The van der Waals surface area contributed by atoms with Crippen LogP contribution >= 0.6 is 0 Å². The molecule has 3 rings (SSSR count). The molecular formula is C19H26N2O. The highest BCUT2D eigenvalue weighted by atomic mass is 16.5. The summed E-state index contributed by atoms with van der Waals surface area (Å²) in [7, 11) is 0. The third kappa shape index (κ3) is 2.82. The Morgan fingerprint density at radius 3 is 2.86 bits per heavy atom. The van der Waals surface area contributed by atoms with Crippen molar-refractivity contribution in [1.29, 1.82) is 0 Å². The van der Waals surface area contributed by atoms with E-state index in [-0.39, 0.29) is 0 Å². The highest BCUT2D eigenvalue weighted by Gasteiger charge is 2.26. The fourth-order valence-corrected chi connectivity index (χ4v) is 3.59. The highest BCUT2D eigenvalue weighted by molar-refractivity contribution is 5.94. The lowest BCUT2D eigenvalue weighted by Gasteiger charge is -2.25. The van der Waals surface area contributed by atoms with Gasteiger partial charge in [-0.1, -0.05) is 25.1 Å². The fourth-order valence-electron chi connectivity index (χ4n) is 3.59. The first-order valence-electron chi connectivity index (χ1n) is 8.45. The molecule has 1 aromatic heterocycles. The van der Waals surface area contributed by atoms with Gasteiger partial charge in [0.05, 0.1) is 17.8 Å². The molecule has 1 aliphatic heterocycles. The molecule has 0 amide bonds. The van der Waals surface area contributed by atoms with Crippen LogP contribution in [0, 0.1) is 12.8 Å². The van der Waals surface area contributed by atoms with Gasteiger partial charge in [0, 0.05) is 36.7 Å². The molecule has 0 bridgehead atoms. The standard InChI is InChI=1S/C19H26N2O/c1-4-16-14(3)20-18-9-7-6-8-17(18)19(16)21-11-10-15(12-21)13-22-5-2/h6-9,15H,4-5,10-13H2,1-3H3. The molecule has 1 aromatic carbocycles. The first-order chi connectivity index (χ1) is 10.7. The Morgan fingerprint density at radius 2 is 2.09 bits per heavy atom. The van der Waals surface area contributed by atoms with Crippen LogP contribution in [-0.4, -0.2) is 31.3 Å². The van der Waals surface area contributed by atoms with Crippen molar-refractivity contribution in [2.45, 2.75) is 33.6 Å². The molecule has 0 spiro atoms. The van der Waals surface area contributed by atoms with Crippen LogP contribution in [0.5, 0.6) is 0 Å². The summed E-state index contributed by atoms with van der Waals surface area (Å²) < 4.78 is 5.63. The van der Waals surface area contributed by atoms with Crippen molar-refractivity contribution in [3.8, 4) is 0 Å². The average molecular weight is 298 g/mol. The van der Waals surface area contributed by atoms with Crippen molar-refractivity contribution in [2.24, 2.45) is 5.92 Å². The number of aryl methyl sites for hydroxylation is 1. The smallest absolute Gasteiger partial charge is 0.0726 e. The summed E-state index contributed by atoms with van der Waals surface area (Å²) in [4.78, 5) is 7.35. The first-order valence-corrected chi connectivity index (χ1v) is 8.45. The van der Waals surface area contributed by atoms with Gasteiger partial charge in [-0.05, 0) is 38.3 Å². The van der Waals surface area contributed by atoms with Crippen LogP contribution in [0.1, 0.15) is 31.5 Å². The molecule has 0 aliphatic carbocycles. The van der Waals surface area contributed by atoms with Crippen LogP contribution in [0.15, 0.2) is 24.3 Å². The van der Waals surface area contributed by atoms with Crippen molar-refractivity contribution in [2.75, 3.05) is 31.2 Å². The Labute approximate surface area is 133 Å². The quantitative estimate of drug-likeness (QED) is 0.835. The van der Waals surface area contributed by atoms with E-state index in [0.717, 1.165) is 38.2 Å². The molecule has 2 heterocycles. The Kier molecular flexibility index (Phi) is 4.63. The van der Waals surface area contributed by atoms with Crippen LogP contribution in [-0.2, 0) is 11.2 Å². The molecule has 118 valence electrons. The molecule has 3 nitrogen and oxygen atoms in total. The van der Waals surface area contributed by atoms with Crippen LogP contribution in [0.25, 0.3) is 10.9 Å². The van der Waals surface area contributed by atoms with Crippen molar-refractivity contribution in [3.05, 3.63) is 35.5 Å². The number of hydrogen-bond donors (Lipinski definition) is 0. The SMILES string of the molecule is CCOCC1CCN(c2c(CC)c(C)nc3ccccc23)C1. The van der Waals surface area contributed by atoms with E-state index in [1.807, 2.05) is 0 Å². The molecular weight excluding hydrogens is 272 g/mol. The third-order valence-electron chi connectivity index (χ3n) is 4.68. The van der Waals surface area contributed by atoms with Gasteiger partial charge in [-0.3, -0.25) is 4.98 Å². The highest BCUT2D eigenvalue weighted by Crippen LogP contribution is 2.35. The number of anilines is 1. The zero-order valence-corrected chi connectivity index (χ0v) is 13.9. The maximum atomic E-state index is 5.63. The number of hydrogen-bond acceptors (Lipinski definition) is 3. The number of nitrogens with zero attached hydrogens (tertiary/aromatic N) is 2. The van der Waals surface area contributed by atoms with Gasteiger partial charge in [0.2, 0.25) is 0 Å². The van der Waals surface area contributed by atoms with Gasteiger partial charge in [0.1, 0.15) is 0 Å². The number of benzene rings is 1.